The van der Waals surface area contributed by atoms with Crippen molar-refractivity contribution in [2.24, 2.45) is 0 Å². The van der Waals surface area contributed by atoms with Gasteiger partial charge >= 0.3 is 5.69 Å². The lowest BCUT2D eigenvalue weighted by molar-refractivity contribution is -0.123. The molecule has 0 aliphatic heterocycles. The molecule has 12 nitrogen and oxygen atoms in total. The maximum atomic E-state index is 13.7. The van der Waals surface area contributed by atoms with E-state index in [-0.39, 0.29) is 41.2 Å². The highest BCUT2D eigenvalue weighted by atomic mass is 32.1. The number of aromatic hydroxyl groups is 1. The molecule has 13 heteroatoms. The number of amides is 2. The zero-order chi connectivity index (χ0) is 30.9. The minimum absolute atomic E-state index is 0.108. The summed E-state index contributed by atoms with van der Waals surface area (Å²) in [4.78, 5) is 57.8. The molecule has 2 aromatic heterocycles. The van der Waals surface area contributed by atoms with Crippen LogP contribution in [0.1, 0.15) is 48.3 Å². The number of anilines is 1. The van der Waals surface area contributed by atoms with Gasteiger partial charge in [-0.15, -0.1) is 11.3 Å². The van der Waals surface area contributed by atoms with Crippen LogP contribution >= 0.6 is 11.3 Å². The van der Waals surface area contributed by atoms with Crippen molar-refractivity contribution in [2.75, 3.05) is 32.2 Å². The Balaban J connectivity index is 1.60. The van der Waals surface area contributed by atoms with E-state index in [0.29, 0.717) is 24.5 Å². The van der Waals surface area contributed by atoms with Gasteiger partial charge in [0.15, 0.2) is 17.5 Å². The first kappa shape index (κ1) is 31.2. The van der Waals surface area contributed by atoms with E-state index in [9.17, 15) is 24.3 Å². The largest absolute Gasteiger partial charge is 0.493 e. The first-order valence-corrected chi connectivity index (χ1v) is 14.5. The van der Waals surface area contributed by atoms with Crippen molar-refractivity contribution in [1.82, 2.24) is 19.9 Å². The number of aromatic nitrogens is 3. The number of hydrogen-bond donors (Lipinski definition) is 4. The normalized spacial score (nSPS) is 12.3. The van der Waals surface area contributed by atoms with Crippen molar-refractivity contribution in [1.29, 1.82) is 0 Å². The third-order valence-corrected chi connectivity index (χ3v) is 7.49. The number of aromatic amines is 1. The topological polar surface area (TPSA) is 165 Å². The molecule has 2 atom stereocenters. The smallest absolute Gasteiger partial charge is 0.329 e. The molecule has 0 saturated heterocycles. The molecule has 0 spiro atoms. The summed E-state index contributed by atoms with van der Waals surface area (Å²) in [6.07, 6.45) is 0.275. The van der Waals surface area contributed by atoms with E-state index in [1.165, 1.54) is 7.11 Å². The van der Waals surface area contributed by atoms with Crippen molar-refractivity contribution < 1.29 is 29.0 Å². The Morgan fingerprint density at radius 1 is 1.12 bits per heavy atom. The number of hydrogen-bond acceptors (Lipinski definition) is 9. The van der Waals surface area contributed by atoms with Crippen LogP contribution in [0.25, 0.3) is 11.3 Å². The molecule has 0 aliphatic carbocycles. The number of ketones is 1. The molecule has 4 rings (SSSR count). The number of H-pyrrole nitrogens is 1. The van der Waals surface area contributed by atoms with E-state index in [1.807, 2.05) is 30.3 Å². The van der Waals surface area contributed by atoms with Gasteiger partial charge in [0.05, 0.1) is 6.61 Å². The van der Waals surface area contributed by atoms with Gasteiger partial charge in [-0.1, -0.05) is 44.2 Å². The zero-order valence-corrected chi connectivity index (χ0v) is 24.8. The first-order valence-electron chi connectivity index (χ1n) is 13.6. The second-order valence-electron chi connectivity index (χ2n) is 9.60. The van der Waals surface area contributed by atoms with Crippen LogP contribution in [0.3, 0.4) is 0 Å². The lowest BCUT2D eigenvalue weighted by Gasteiger charge is -2.24. The Hall–Kier alpha value is -4.75. The molecular formula is C30H33N5O7S. The van der Waals surface area contributed by atoms with Crippen molar-refractivity contribution >= 4 is 34.1 Å². The molecule has 0 radical (unpaired) electrons. The van der Waals surface area contributed by atoms with Crippen LogP contribution < -0.4 is 21.1 Å². The summed E-state index contributed by atoms with van der Waals surface area (Å²) in [7, 11) is 1.54. The molecule has 43 heavy (non-hydrogen) atoms. The van der Waals surface area contributed by atoms with Gasteiger partial charge in [0.1, 0.15) is 23.2 Å². The highest BCUT2D eigenvalue weighted by Crippen LogP contribution is 2.36. The predicted molar refractivity (Wildman–Crippen MR) is 162 cm³/mol. The predicted octanol–water partition coefficient (Wildman–Crippen LogP) is 3.72. The molecule has 4 N–H and O–H groups in total. The average molecular weight is 608 g/mol. The van der Waals surface area contributed by atoms with Crippen LogP contribution in [0.15, 0.2) is 64.8 Å². The van der Waals surface area contributed by atoms with Gasteiger partial charge in [-0.3, -0.25) is 14.4 Å². The number of rotatable bonds is 14. The van der Waals surface area contributed by atoms with Crippen molar-refractivity contribution in [2.45, 2.75) is 32.2 Å². The minimum Gasteiger partial charge on any atom is -0.493 e. The minimum atomic E-state index is -1.17. The Labute approximate surface area is 251 Å². The number of thiazole rings is 1. The van der Waals surface area contributed by atoms with Crippen LogP contribution in [0.4, 0.5) is 5.13 Å². The number of nitrogens with zero attached hydrogens (tertiary/aromatic N) is 2. The van der Waals surface area contributed by atoms with E-state index >= 15 is 0 Å². The number of ether oxygens (including phenoxy) is 2. The molecular weight excluding hydrogens is 574 g/mol. The van der Waals surface area contributed by atoms with Gasteiger partial charge in [0, 0.05) is 36.9 Å². The average Bonchev–Trinajstić information content (AvgIpc) is 3.60. The summed E-state index contributed by atoms with van der Waals surface area (Å²) in [5.41, 5.74) is 0.893. The Morgan fingerprint density at radius 2 is 1.84 bits per heavy atom. The molecule has 0 fully saturated rings. The van der Waals surface area contributed by atoms with Gasteiger partial charge in [0.2, 0.25) is 11.8 Å². The van der Waals surface area contributed by atoms with Crippen molar-refractivity contribution in [3.05, 3.63) is 81.7 Å². The Kier molecular flexibility index (Phi) is 10.5. The summed E-state index contributed by atoms with van der Waals surface area (Å²) in [5, 5.41) is 18.4. The van der Waals surface area contributed by atoms with Crippen LogP contribution in [-0.4, -0.2) is 64.1 Å². The molecule has 0 saturated carbocycles. The first-order chi connectivity index (χ1) is 20.7. The van der Waals surface area contributed by atoms with E-state index in [1.54, 1.807) is 43.5 Å². The summed E-state index contributed by atoms with van der Waals surface area (Å²) in [5.74, 6) is -1.61. The SMILES string of the molecule is CCC(=O)c1csc(NC(=O)[C@H]([C@@H](C)c2ccccc2)n2c(O)c(-c3ccc(OCC(=O)NCCOC)cc3)[nH]c2=O)n1. The number of Topliss-reactive ketones (excluding diaryl/α,β-unsaturated/α-hetero) is 1. The maximum Gasteiger partial charge on any atom is 0.329 e. The molecule has 4 aromatic rings. The fourth-order valence-electron chi connectivity index (χ4n) is 4.44. The lowest BCUT2D eigenvalue weighted by atomic mass is 9.92. The van der Waals surface area contributed by atoms with Gasteiger partial charge in [-0.2, -0.15) is 0 Å². The molecule has 2 amide bonds. The Bertz CT molecular complexity index is 1610. The molecule has 0 unspecified atom stereocenters. The molecule has 226 valence electrons. The van der Waals surface area contributed by atoms with Gasteiger partial charge < -0.3 is 30.2 Å². The van der Waals surface area contributed by atoms with Crippen LogP contribution in [-0.2, 0) is 14.3 Å². The van der Waals surface area contributed by atoms with Crippen molar-refractivity contribution in [3.8, 4) is 22.9 Å². The highest BCUT2D eigenvalue weighted by molar-refractivity contribution is 7.14. The summed E-state index contributed by atoms with van der Waals surface area (Å²) < 4.78 is 11.4. The fourth-order valence-corrected chi connectivity index (χ4v) is 5.15. The van der Waals surface area contributed by atoms with E-state index in [4.69, 9.17) is 9.47 Å². The molecule has 0 aliphatic rings. The molecule has 2 heterocycles. The van der Waals surface area contributed by atoms with E-state index < -0.39 is 29.4 Å². The van der Waals surface area contributed by atoms with Crippen molar-refractivity contribution in [3.63, 3.8) is 0 Å². The number of carbonyl (C=O) groups is 3. The quantitative estimate of drug-likeness (QED) is 0.124. The number of imidazole rings is 1. The zero-order valence-electron chi connectivity index (χ0n) is 24.0. The summed E-state index contributed by atoms with van der Waals surface area (Å²) in [6.45, 7) is 4.07. The van der Waals surface area contributed by atoms with Crippen LogP contribution in [0.5, 0.6) is 11.6 Å². The second-order valence-corrected chi connectivity index (χ2v) is 10.5. The number of carbonyl (C=O) groups excluding carboxylic acids is 3. The third kappa shape index (κ3) is 7.56. The van der Waals surface area contributed by atoms with E-state index in [0.717, 1.165) is 21.5 Å². The van der Waals surface area contributed by atoms with Gasteiger partial charge in [0.25, 0.3) is 5.91 Å². The fraction of sp³-hybridized carbons (Fsp3) is 0.300. The number of benzene rings is 2. The third-order valence-electron chi connectivity index (χ3n) is 6.73. The summed E-state index contributed by atoms with van der Waals surface area (Å²) >= 11 is 1.10. The lowest BCUT2D eigenvalue weighted by Crippen LogP contribution is -2.35. The van der Waals surface area contributed by atoms with Gasteiger partial charge in [-0.05, 0) is 29.8 Å². The van der Waals surface area contributed by atoms with Gasteiger partial charge in [-0.25, -0.2) is 14.3 Å². The summed E-state index contributed by atoms with van der Waals surface area (Å²) in [6, 6.07) is 14.4. The highest BCUT2D eigenvalue weighted by Gasteiger charge is 2.34. The van der Waals surface area contributed by atoms with E-state index in [2.05, 4.69) is 20.6 Å². The molecule has 2 aromatic carbocycles. The Morgan fingerprint density at radius 3 is 2.51 bits per heavy atom. The van der Waals surface area contributed by atoms with Crippen LogP contribution in [0, 0.1) is 0 Å². The standard InChI is InChI=1S/C30H33N5O7S/c1-4-23(36)22-17-43-29(32-22)34-27(38)26(18(2)19-8-6-5-7-9-19)35-28(39)25(33-30(35)40)20-10-12-21(13-11-20)42-16-24(37)31-14-15-41-3/h5-13,17-18,26,39H,4,14-16H2,1-3H3,(H,31,37)(H,33,40)(H,32,34,38)/t18-,26-/m0/s1. The molecule has 0 bridgehead atoms. The maximum absolute atomic E-state index is 13.7. The second kappa shape index (κ2) is 14.4. The monoisotopic (exact) mass is 607 g/mol. The number of methoxy groups -OCH3 is 1. The van der Waals surface area contributed by atoms with Crippen LogP contribution in [0.2, 0.25) is 0 Å². The number of nitrogens with one attached hydrogen (secondary N) is 3.